The van der Waals surface area contributed by atoms with Gasteiger partial charge in [0.25, 0.3) is 0 Å². The van der Waals surface area contributed by atoms with Gasteiger partial charge in [-0.2, -0.15) is 13.2 Å². The lowest BCUT2D eigenvalue weighted by Crippen LogP contribution is -2.21. The monoisotopic (exact) mass is 314 g/mol. The van der Waals surface area contributed by atoms with Crippen LogP contribution in [0.25, 0.3) is 5.65 Å². The lowest BCUT2D eigenvalue weighted by molar-refractivity contribution is -0.161. The molecule has 2 aromatic rings. The van der Waals surface area contributed by atoms with Crippen LogP contribution in [0.1, 0.15) is 42.4 Å². The molecular weight excluding hydrogens is 297 g/mol. The van der Waals surface area contributed by atoms with Gasteiger partial charge in [-0.3, -0.25) is 4.40 Å². The molecule has 0 aliphatic carbocycles. The molecule has 0 unspecified atom stereocenters. The van der Waals surface area contributed by atoms with Crippen molar-refractivity contribution >= 4 is 11.6 Å². The van der Waals surface area contributed by atoms with E-state index in [9.17, 15) is 18.0 Å². The van der Waals surface area contributed by atoms with Gasteiger partial charge >= 0.3 is 12.1 Å². The minimum atomic E-state index is -4.54. The summed E-state index contributed by atoms with van der Waals surface area (Å²) in [5.74, 6) is -0.998. The Balaban J connectivity index is 2.28. The second kappa shape index (κ2) is 6.81. The highest BCUT2D eigenvalue weighted by molar-refractivity contribution is 5.90. The Hall–Kier alpha value is -2.05. The smallest absolute Gasteiger partial charge is 0.422 e. The molecule has 7 heteroatoms. The Labute approximate surface area is 125 Å². The molecule has 0 radical (unpaired) electrons. The predicted octanol–water partition coefficient (Wildman–Crippen LogP) is 3.79. The molecule has 0 aromatic carbocycles. The predicted molar refractivity (Wildman–Crippen MR) is 74.8 cm³/mol. The Bertz CT molecular complexity index is 650. The maximum absolute atomic E-state index is 12.2. The average molecular weight is 314 g/mol. The molecule has 2 aromatic heterocycles. The maximum Gasteiger partial charge on any atom is 0.422 e. The summed E-state index contributed by atoms with van der Waals surface area (Å²) in [5.41, 5.74) is 1.08. The molecule has 0 atom stereocenters. The first-order valence-electron chi connectivity index (χ1n) is 7.12. The summed E-state index contributed by atoms with van der Waals surface area (Å²) in [6.07, 6.45) is 0.367. The number of nitrogens with zero attached hydrogens (tertiary/aromatic N) is 2. The number of ether oxygens (including phenoxy) is 1. The van der Waals surface area contributed by atoms with E-state index >= 15 is 0 Å². The van der Waals surface area contributed by atoms with Crippen LogP contribution in [-0.4, -0.2) is 28.1 Å². The SMILES string of the molecule is CCCCCc1nc2ccccn2c1C(=O)OCC(F)(F)F. The highest BCUT2D eigenvalue weighted by Gasteiger charge is 2.31. The van der Waals surface area contributed by atoms with Gasteiger partial charge in [0, 0.05) is 6.20 Å². The quantitative estimate of drug-likeness (QED) is 0.602. The van der Waals surface area contributed by atoms with E-state index in [-0.39, 0.29) is 5.69 Å². The molecule has 22 heavy (non-hydrogen) atoms. The summed E-state index contributed by atoms with van der Waals surface area (Å²) in [6, 6.07) is 5.14. The molecule has 0 spiro atoms. The van der Waals surface area contributed by atoms with E-state index in [1.165, 1.54) is 4.40 Å². The number of rotatable bonds is 6. The second-order valence-electron chi connectivity index (χ2n) is 4.98. The molecule has 0 saturated carbocycles. The van der Waals surface area contributed by atoms with Crippen molar-refractivity contribution in [3.8, 4) is 0 Å². The molecule has 2 rings (SSSR count). The van der Waals surface area contributed by atoms with Crippen molar-refractivity contribution < 1.29 is 22.7 Å². The molecule has 0 fully saturated rings. The fourth-order valence-electron chi connectivity index (χ4n) is 2.19. The van der Waals surface area contributed by atoms with Crippen molar-refractivity contribution in [2.24, 2.45) is 0 Å². The zero-order valence-electron chi connectivity index (χ0n) is 12.2. The number of hydrogen-bond donors (Lipinski definition) is 0. The normalized spacial score (nSPS) is 11.8. The Morgan fingerprint density at radius 2 is 2.09 bits per heavy atom. The van der Waals surface area contributed by atoms with E-state index in [0.717, 1.165) is 19.3 Å². The van der Waals surface area contributed by atoms with Crippen molar-refractivity contribution in [3.63, 3.8) is 0 Å². The molecule has 0 amide bonds. The van der Waals surface area contributed by atoms with Gasteiger partial charge in [-0.25, -0.2) is 9.78 Å². The van der Waals surface area contributed by atoms with Crippen molar-refractivity contribution in [3.05, 3.63) is 35.8 Å². The minimum absolute atomic E-state index is 0.0796. The van der Waals surface area contributed by atoms with E-state index in [1.807, 2.05) is 6.92 Å². The first kappa shape index (κ1) is 16.3. The number of unbranched alkanes of at least 4 members (excludes halogenated alkanes) is 2. The highest BCUT2D eigenvalue weighted by Crippen LogP contribution is 2.19. The fraction of sp³-hybridized carbons (Fsp3) is 0.467. The summed E-state index contributed by atoms with van der Waals surface area (Å²) in [4.78, 5) is 16.4. The minimum Gasteiger partial charge on any atom is -0.451 e. The summed E-state index contributed by atoms with van der Waals surface area (Å²) in [5, 5.41) is 0. The molecular formula is C15H17F3N2O2. The number of hydrogen-bond acceptors (Lipinski definition) is 3. The van der Waals surface area contributed by atoms with Crippen LogP contribution >= 0.6 is 0 Å². The van der Waals surface area contributed by atoms with Crippen molar-refractivity contribution in [1.29, 1.82) is 0 Å². The number of esters is 1. The van der Waals surface area contributed by atoms with Gasteiger partial charge in [0.2, 0.25) is 0 Å². The van der Waals surface area contributed by atoms with Gasteiger partial charge in [-0.15, -0.1) is 0 Å². The molecule has 0 aliphatic heterocycles. The molecule has 0 aliphatic rings. The van der Waals surface area contributed by atoms with Crippen LogP contribution in [0, 0.1) is 0 Å². The third kappa shape index (κ3) is 3.99. The van der Waals surface area contributed by atoms with Crippen LogP contribution in [0.3, 0.4) is 0 Å². The van der Waals surface area contributed by atoms with Crippen molar-refractivity contribution in [1.82, 2.24) is 9.38 Å². The summed E-state index contributed by atoms with van der Waals surface area (Å²) >= 11 is 0. The number of halogens is 3. The van der Waals surface area contributed by atoms with Crippen LogP contribution in [-0.2, 0) is 11.2 Å². The number of alkyl halides is 3. The number of aryl methyl sites for hydroxylation is 1. The fourth-order valence-corrected chi connectivity index (χ4v) is 2.19. The van der Waals surface area contributed by atoms with Crippen LogP contribution in [0.5, 0.6) is 0 Å². The lowest BCUT2D eigenvalue weighted by Gasteiger charge is -2.08. The van der Waals surface area contributed by atoms with Gasteiger partial charge in [-0.05, 0) is 25.0 Å². The third-order valence-corrected chi connectivity index (χ3v) is 3.18. The third-order valence-electron chi connectivity index (χ3n) is 3.18. The van der Waals surface area contributed by atoms with Crippen molar-refractivity contribution in [2.45, 2.75) is 38.8 Å². The standard InChI is InChI=1S/C15H17F3N2O2/c1-2-3-4-7-11-13(14(21)22-10-15(16,17)18)20-9-6-5-8-12(20)19-11/h5-6,8-9H,2-4,7,10H2,1H3. The molecule has 120 valence electrons. The average Bonchev–Trinajstić information content (AvgIpc) is 2.82. The summed E-state index contributed by atoms with van der Waals surface area (Å²) < 4.78 is 42.5. The summed E-state index contributed by atoms with van der Waals surface area (Å²) in [7, 11) is 0. The molecule has 0 saturated heterocycles. The van der Waals surface area contributed by atoms with Gasteiger partial charge in [0.1, 0.15) is 5.65 Å². The van der Waals surface area contributed by atoms with Gasteiger partial charge < -0.3 is 4.74 Å². The topological polar surface area (TPSA) is 43.6 Å². The number of carbonyl (C=O) groups excluding carboxylic acids is 1. The molecule has 2 heterocycles. The van der Waals surface area contributed by atoms with Gasteiger partial charge in [-0.1, -0.05) is 25.8 Å². The highest BCUT2D eigenvalue weighted by atomic mass is 19.4. The van der Waals surface area contributed by atoms with Gasteiger partial charge in [0.05, 0.1) is 5.69 Å². The molecule has 4 nitrogen and oxygen atoms in total. The number of fused-ring (bicyclic) bond motifs is 1. The Morgan fingerprint density at radius 1 is 1.32 bits per heavy atom. The van der Waals surface area contributed by atoms with E-state index in [1.54, 1.807) is 24.4 Å². The van der Waals surface area contributed by atoms with E-state index in [2.05, 4.69) is 9.72 Å². The van der Waals surface area contributed by atoms with E-state index in [4.69, 9.17) is 0 Å². The second-order valence-corrected chi connectivity index (χ2v) is 4.98. The number of carbonyl (C=O) groups is 1. The maximum atomic E-state index is 12.2. The van der Waals surface area contributed by atoms with Crippen molar-refractivity contribution in [2.75, 3.05) is 6.61 Å². The van der Waals surface area contributed by atoms with Gasteiger partial charge in [0.15, 0.2) is 12.3 Å². The zero-order valence-corrected chi connectivity index (χ0v) is 12.2. The number of pyridine rings is 1. The lowest BCUT2D eigenvalue weighted by atomic mass is 10.1. The van der Waals surface area contributed by atoms with Crippen LogP contribution in [0.2, 0.25) is 0 Å². The Morgan fingerprint density at radius 3 is 2.77 bits per heavy atom. The largest absolute Gasteiger partial charge is 0.451 e. The van der Waals surface area contributed by atoms with Crippen LogP contribution in [0.4, 0.5) is 13.2 Å². The van der Waals surface area contributed by atoms with E-state index < -0.39 is 18.8 Å². The zero-order chi connectivity index (χ0) is 16.2. The Kier molecular flexibility index (Phi) is 5.05. The molecule has 0 bridgehead atoms. The number of imidazole rings is 1. The number of aromatic nitrogens is 2. The molecule has 0 N–H and O–H groups in total. The van der Waals surface area contributed by atoms with Crippen LogP contribution in [0.15, 0.2) is 24.4 Å². The van der Waals surface area contributed by atoms with Crippen LogP contribution < -0.4 is 0 Å². The first-order chi connectivity index (χ1) is 10.4. The summed E-state index contributed by atoms with van der Waals surface area (Å²) in [6.45, 7) is 0.447. The first-order valence-corrected chi connectivity index (χ1v) is 7.12. The van der Waals surface area contributed by atoms with E-state index in [0.29, 0.717) is 17.8 Å².